The second-order valence-corrected chi connectivity index (χ2v) is 8.82. The number of amides is 2. The molecular formula is C24H29F2N3O3. The number of nitrogens with one attached hydrogen (secondary N) is 2. The molecule has 0 spiro atoms. The molecule has 172 valence electrons. The lowest BCUT2D eigenvalue weighted by molar-refractivity contribution is 0.197. The molecule has 0 radical (unpaired) electrons. The summed E-state index contributed by atoms with van der Waals surface area (Å²) in [6, 6.07) is 9.06. The van der Waals surface area contributed by atoms with Crippen LogP contribution < -0.4 is 20.1 Å². The van der Waals surface area contributed by atoms with Gasteiger partial charge in [-0.3, -0.25) is 0 Å². The van der Waals surface area contributed by atoms with Crippen molar-refractivity contribution >= 4 is 11.7 Å². The minimum absolute atomic E-state index is 0.00469. The Morgan fingerprint density at radius 1 is 1.09 bits per heavy atom. The minimum atomic E-state index is -0.992. The summed E-state index contributed by atoms with van der Waals surface area (Å²) in [5, 5.41) is 5.61. The molecule has 2 amide bonds. The molecule has 2 aromatic carbocycles. The molecule has 32 heavy (non-hydrogen) atoms. The van der Waals surface area contributed by atoms with Crippen LogP contribution in [-0.2, 0) is 5.41 Å². The Morgan fingerprint density at radius 2 is 1.88 bits per heavy atom. The molecule has 2 aromatic rings. The fraction of sp³-hybridized carbons (Fsp3) is 0.458. The molecule has 0 bridgehead atoms. The zero-order valence-corrected chi connectivity index (χ0v) is 18.6. The molecule has 0 aromatic heterocycles. The number of ether oxygens (including phenoxy) is 2. The Labute approximate surface area is 186 Å². The fourth-order valence-electron chi connectivity index (χ4n) is 5.38. The number of benzene rings is 2. The molecule has 0 unspecified atom stereocenters. The van der Waals surface area contributed by atoms with E-state index in [-0.39, 0.29) is 17.1 Å². The smallest absolute Gasteiger partial charge is 0.319 e. The van der Waals surface area contributed by atoms with E-state index in [1.54, 1.807) is 14.2 Å². The van der Waals surface area contributed by atoms with E-state index >= 15 is 0 Å². The van der Waals surface area contributed by atoms with Gasteiger partial charge in [0.15, 0.2) is 23.1 Å². The number of fused-ring (bicyclic) bond motifs is 1. The highest BCUT2D eigenvalue weighted by atomic mass is 19.2. The number of methoxy groups -OCH3 is 2. The second kappa shape index (κ2) is 8.94. The van der Waals surface area contributed by atoms with Gasteiger partial charge in [-0.25, -0.2) is 13.6 Å². The normalized spacial score (nSPS) is 25.2. The molecular weight excluding hydrogens is 416 g/mol. The largest absolute Gasteiger partial charge is 0.493 e. The standard InChI is InChI=1S/C24H29F2N3O3/c1-29-13-16-10-18(28-23(30)27-17-5-6-19(25)20(26)12-17)8-9-24(16,14-29)15-4-7-21(31-2)22(11-15)32-3/h4-7,11-12,16,18H,8-10,13-14H2,1-3H3,(H2,27,28,30)/t16-,18-,24+/m1/s1. The molecule has 2 N–H and O–H groups in total. The van der Waals surface area contributed by atoms with Gasteiger partial charge < -0.3 is 25.0 Å². The highest BCUT2D eigenvalue weighted by molar-refractivity contribution is 5.89. The average molecular weight is 446 g/mol. The number of halogens is 2. The van der Waals surface area contributed by atoms with Crippen molar-refractivity contribution in [1.29, 1.82) is 0 Å². The van der Waals surface area contributed by atoms with Crippen LogP contribution in [0.5, 0.6) is 11.5 Å². The number of hydrogen-bond acceptors (Lipinski definition) is 4. The fourth-order valence-corrected chi connectivity index (χ4v) is 5.38. The molecule has 1 aliphatic carbocycles. The van der Waals surface area contributed by atoms with Crippen molar-refractivity contribution in [2.24, 2.45) is 5.92 Å². The highest BCUT2D eigenvalue weighted by Crippen LogP contribution is 2.49. The van der Waals surface area contributed by atoms with E-state index in [4.69, 9.17) is 9.47 Å². The van der Waals surface area contributed by atoms with Gasteiger partial charge in [-0.05, 0) is 62.1 Å². The van der Waals surface area contributed by atoms with E-state index in [1.807, 2.05) is 6.07 Å². The van der Waals surface area contributed by atoms with Crippen molar-refractivity contribution in [3.8, 4) is 11.5 Å². The Bertz CT molecular complexity index is 1000. The maximum absolute atomic E-state index is 13.4. The van der Waals surface area contributed by atoms with Gasteiger partial charge >= 0.3 is 6.03 Å². The van der Waals surface area contributed by atoms with E-state index in [1.165, 1.54) is 11.6 Å². The Balaban J connectivity index is 1.47. The summed E-state index contributed by atoms with van der Waals surface area (Å²) in [7, 11) is 5.40. The van der Waals surface area contributed by atoms with Crippen LogP contribution in [0.25, 0.3) is 0 Å². The lowest BCUT2D eigenvalue weighted by atomic mass is 9.63. The van der Waals surface area contributed by atoms with Crippen molar-refractivity contribution < 1.29 is 23.0 Å². The van der Waals surface area contributed by atoms with Crippen LogP contribution in [0.2, 0.25) is 0 Å². The molecule has 1 heterocycles. The summed E-state index contributed by atoms with van der Waals surface area (Å²) in [5.74, 6) is -0.138. The van der Waals surface area contributed by atoms with Gasteiger partial charge in [0, 0.05) is 36.3 Å². The molecule has 1 saturated heterocycles. The Kier molecular flexibility index (Phi) is 6.24. The van der Waals surface area contributed by atoms with E-state index in [9.17, 15) is 13.6 Å². The lowest BCUT2D eigenvalue weighted by Crippen LogP contribution is -2.48. The third-order valence-corrected chi connectivity index (χ3v) is 6.84. The van der Waals surface area contributed by atoms with E-state index in [0.29, 0.717) is 11.7 Å². The number of nitrogens with zero attached hydrogens (tertiary/aromatic N) is 1. The molecule has 8 heteroatoms. The quantitative estimate of drug-likeness (QED) is 0.726. The van der Waals surface area contributed by atoms with Crippen LogP contribution in [0, 0.1) is 17.6 Å². The summed E-state index contributed by atoms with van der Waals surface area (Å²) in [4.78, 5) is 14.8. The van der Waals surface area contributed by atoms with E-state index in [2.05, 4.69) is 34.7 Å². The van der Waals surface area contributed by atoms with Gasteiger partial charge in [0.25, 0.3) is 0 Å². The van der Waals surface area contributed by atoms with Crippen LogP contribution in [0.4, 0.5) is 19.3 Å². The van der Waals surface area contributed by atoms with Crippen LogP contribution in [0.3, 0.4) is 0 Å². The highest BCUT2D eigenvalue weighted by Gasteiger charge is 2.50. The molecule has 1 saturated carbocycles. The zero-order chi connectivity index (χ0) is 22.9. The summed E-state index contributed by atoms with van der Waals surface area (Å²) in [6.07, 6.45) is 2.58. The van der Waals surface area contributed by atoms with Crippen molar-refractivity contribution in [3.05, 3.63) is 53.6 Å². The SMILES string of the molecule is COc1ccc([C@@]23CC[C@@H](NC(=O)Nc4ccc(F)c(F)c4)C[C@@H]2CN(C)C3)cc1OC. The minimum Gasteiger partial charge on any atom is -0.493 e. The summed E-state index contributed by atoms with van der Waals surface area (Å²) < 4.78 is 37.4. The lowest BCUT2D eigenvalue weighted by Gasteiger charge is -2.42. The summed E-state index contributed by atoms with van der Waals surface area (Å²) in [6.45, 7) is 1.89. The van der Waals surface area contributed by atoms with Crippen molar-refractivity contribution in [3.63, 3.8) is 0 Å². The maximum Gasteiger partial charge on any atom is 0.319 e. The van der Waals surface area contributed by atoms with E-state index in [0.717, 1.165) is 50.2 Å². The third-order valence-electron chi connectivity index (χ3n) is 6.84. The van der Waals surface area contributed by atoms with Crippen molar-refractivity contribution in [2.75, 3.05) is 39.7 Å². The molecule has 4 rings (SSSR count). The number of hydrogen-bond donors (Lipinski definition) is 2. The summed E-state index contributed by atoms with van der Waals surface area (Å²) in [5.41, 5.74) is 1.44. The first-order chi connectivity index (χ1) is 15.3. The average Bonchev–Trinajstić information content (AvgIpc) is 3.12. The first-order valence-electron chi connectivity index (χ1n) is 10.8. The van der Waals surface area contributed by atoms with Crippen molar-refractivity contribution in [1.82, 2.24) is 10.2 Å². The van der Waals surface area contributed by atoms with Gasteiger partial charge in [0.05, 0.1) is 14.2 Å². The maximum atomic E-state index is 13.4. The molecule has 2 fully saturated rings. The number of likely N-dealkylation sites (tertiary alicyclic amines) is 1. The Morgan fingerprint density at radius 3 is 2.59 bits per heavy atom. The van der Waals surface area contributed by atoms with Crippen LogP contribution in [0.1, 0.15) is 24.8 Å². The van der Waals surface area contributed by atoms with Gasteiger partial charge in [0.2, 0.25) is 0 Å². The molecule has 1 aliphatic heterocycles. The van der Waals surface area contributed by atoms with E-state index < -0.39 is 17.7 Å². The first-order valence-corrected chi connectivity index (χ1v) is 10.8. The number of rotatable bonds is 5. The van der Waals surface area contributed by atoms with Gasteiger partial charge in [-0.1, -0.05) is 6.07 Å². The molecule has 2 aliphatic rings. The Hall–Kier alpha value is -2.87. The number of likely N-dealkylation sites (N-methyl/N-ethyl adjacent to an activating group) is 1. The first kappa shape index (κ1) is 22.3. The second-order valence-electron chi connectivity index (χ2n) is 8.82. The van der Waals surface area contributed by atoms with Gasteiger partial charge in [-0.2, -0.15) is 0 Å². The van der Waals surface area contributed by atoms with Crippen molar-refractivity contribution in [2.45, 2.75) is 30.7 Å². The third kappa shape index (κ3) is 4.24. The zero-order valence-electron chi connectivity index (χ0n) is 18.6. The topological polar surface area (TPSA) is 62.8 Å². The van der Waals surface area contributed by atoms with Gasteiger partial charge in [0.1, 0.15) is 0 Å². The number of anilines is 1. The van der Waals surface area contributed by atoms with Gasteiger partial charge in [-0.15, -0.1) is 0 Å². The van der Waals surface area contributed by atoms with Crippen LogP contribution in [-0.4, -0.2) is 51.3 Å². The monoisotopic (exact) mass is 445 g/mol. The molecule has 3 atom stereocenters. The molecule has 6 nitrogen and oxygen atoms in total. The number of carbonyl (C=O) groups excluding carboxylic acids is 1. The van der Waals surface area contributed by atoms with Crippen LogP contribution in [0.15, 0.2) is 36.4 Å². The summed E-state index contributed by atoms with van der Waals surface area (Å²) >= 11 is 0. The number of urea groups is 1. The predicted molar refractivity (Wildman–Crippen MR) is 118 cm³/mol. The van der Waals surface area contributed by atoms with Crippen LogP contribution >= 0.6 is 0 Å². The number of carbonyl (C=O) groups is 1. The predicted octanol–water partition coefficient (Wildman–Crippen LogP) is 4.16.